The van der Waals surface area contributed by atoms with Crippen molar-refractivity contribution in [3.05, 3.63) is 48.2 Å². The molecular weight excluding hydrogens is 326 g/mol. The summed E-state index contributed by atoms with van der Waals surface area (Å²) < 4.78 is 28.3. The molecule has 130 valence electrons. The molecule has 7 heteroatoms. The van der Waals surface area contributed by atoms with Gasteiger partial charge in [-0.2, -0.15) is 0 Å². The summed E-state index contributed by atoms with van der Waals surface area (Å²) >= 11 is 0. The van der Waals surface area contributed by atoms with Gasteiger partial charge in [-0.15, -0.1) is 5.10 Å². The number of nitrogens with zero attached hydrogens (tertiary/aromatic N) is 3. The van der Waals surface area contributed by atoms with Crippen LogP contribution < -0.4 is 5.32 Å². The van der Waals surface area contributed by atoms with E-state index in [2.05, 4.69) is 15.4 Å². The first-order valence-electron chi connectivity index (χ1n) is 8.35. The molecule has 1 fully saturated rings. The summed E-state index contributed by atoms with van der Waals surface area (Å²) in [6.07, 6.45) is 4.73. The van der Waals surface area contributed by atoms with Crippen molar-refractivity contribution in [3.63, 3.8) is 0 Å². The van der Waals surface area contributed by atoms with Crippen LogP contribution in [-0.2, 0) is 0 Å². The van der Waals surface area contributed by atoms with E-state index in [9.17, 15) is 13.9 Å². The van der Waals surface area contributed by atoms with E-state index in [0.717, 1.165) is 37.8 Å². The minimum atomic E-state index is -0.900. The molecule has 0 saturated heterocycles. The summed E-state index contributed by atoms with van der Waals surface area (Å²) in [6.45, 7) is 0. The maximum Gasteiger partial charge on any atom is 0.159 e. The molecule has 0 amide bonds. The fraction of sp³-hybridized carbons (Fsp3) is 0.333. The molecule has 2 aromatic heterocycles. The summed E-state index contributed by atoms with van der Waals surface area (Å²) in [5.74, 6) is -1.09. The monoisotopic (exact) mass is 344 g/mol. The number of rotatable bonds is 3. The molecule has 5 nitrogen and oxygen atoms in total. The zero-order valence-corrected chi connectivity index (χ0v) is 13.5. The molecule has 0 atom stereocenters. The summed E-state index contributed by atoms with van der Waals surface area (Å²) in [5.41, 5.74) is 1.73. The van der Waals surface area contributed by atoms with Gasteiger partial charge in [0.2, 0.25) is 0 Å². The fourth-order valence-electron chi connectivity index (χ4n) is 3.23. The van der Waals surface area contributed by atoms with Crippen LogP contribution in [0.25, 0.3) is 16.9 Å². The predicted octanol–water partition coefficient (Wildman–Crippen LogP) is 3.39. The average Bonchev–Trinajstić information content (AvgIpc) is 3.03. The normalized spacial score (nSPS) is 20.8. The van der Waals surface area contributed by atoms with Crippen molar-refractivity contribution in [1.82, 2.24) is 14.6 Å². The number of imidazole rings is 1. The van der Waals surface area contributed by atoms with E-state index in [-0.39, 0.29) is 12.1 Å². The number of aromatic nitrogens is 3. The molecule has 1 saturated carbocycles. The zero-order chi connectivity index (χ0) is 17.4. The fourth-order valence-corrected chi connectivity index (χ4v) is 3.23. The number of aliphatic hydroxyl groups is 1. The number of halogens is 2. The van der Waals surface area contributed by atoms with Gasteiger partial charge in [0.15, 0.2) is 17.3 Å². The van der Waals surface area contributed by atoms with Crippen molar-refractivity contribution < 1.29 is 13.9 Å². The number of anilines is 1. The Labute approximate surface area is 143 Å². The summed E-state index contributed by atoms with van der Waals surface area (Å²) in [7, 11) is 0. The highest BCUT2D eigenvalue weighted by molar-refractivity contribution is 5.63. The minimum Gasteiger partial charge on any atom is -0.393 e. The van der Waals surface area contributed by atoms with Crippen LogP contribution in [0.15, 0.2) is 36.5 Å². The van der Waals surface area contributed by atoms with Crippen molar-refractivity contribution in [2.45, 2.75) is 37.8 Å². The molecule has 0 spiro atoms. The zero-order valence-electron chi connectivity index (χ0n) is 13.5. The lowest BCUT2D eigenvalue weighted by Crippen LogP contribution is -2.28. The van der Waals surface area contributed by atoms with E-state index in [1.54, 1.807) is 10.7 Å². The minimum absolute atomic E-state index is 0.206. The number of fused-ring (bicyclic) bond motifs is 1. The van der Waals surface area contributed by atoms with Gasteiger partial charge in [0.25, 0.3) is 0 Å². The second-order valence-electron chi connectivity index (χ2n) is 6.41. The molecule has 0 radical (unpaired) electrons. The number of hydrogen-bond donors (Lipinski definition) is 2. The van der Waals surface area contributed by atoms with Gasteiger partial charge >= 0.3 is 0 Å². The van der Waals surface area contributed by atoms with Gasteiger partial charge in [0.1, 0.15) is 5.82 Å². The highest BCUT2D eigenvalue weighted by Crippen LogP contribution is 2.24. The predicted molar refractivity (Wildman–Crippen MR) is 90.2 cm³/mol. The van der Waals surface area contributed by atoms with E-state index in [1.165, 1.54) is 6.07 Å². The molecule has 1 aromatic carbocycles. The third-order valence-corrected chi connectivity index (χ3v) is 4.63. The van der Waals surface area contributed by atoms with E-state index in [4.69, 9.17) is 0 Å². The molecule has 1 aliphatic rings. The van der Waals surface area contributed by atoms with Crippen molar-refractivity contribution in [2.75, 3.05) is 5.32 Å². The van der Waals surface area contributed by atoms with Crippen LogP contribution in [0.3, 0.4) is 0 Å². The maximum atomic E-state index is 13.5. The van der Waals surface area contributed by atoms with E-state index < -0.39 is 11.6 Å². The van der Waals surface area contributed by atoms with Gasteiger partial charge in [-0.25, -0.2) is 18.3 Å². The first-order valence-corrected chi connectivity index (χ1v) is 8.35. The molecule has 4 rings (SSSR count). The molecule has 1 aliphatic carbocycles. The van der Waals surface area contributed by atoms with E-state index >= 15 is 0 Å². The quantitative estimate of drug-likeness (QED) is 0.764. The number of nitrogens with one attached hydrogen (secondary N) is 1. The second-order valence-corrected chi connectivity index (χ2v) is 6.41. The first-order chi connectivity index (χ1) is 12.1. The van der Waals surface area contributed by atoms with Gasteiger partial charge in [-0.05, 0) is 56.0 Å². The Balaban J connectivity index is 1.64. The Bertz CT molecular complexity index is 903. The van der Waals surface area contributed by atoms with Crippen molar-refractivity contribution in [3.8, 4) is 11.3 Å². The Kier molecular flexibility index (Phi) is 4.09. The largest absolute Gasteiger partial charge is 0.393 e. The maximum absolute atomic E-state index is 13.5. The number of benzene rings is 1. The summed E-state index contributed by atoms with van der Waals surface area (Å²) in [4.78, 5) is 4.27. The molecular formula is C18H18F2N4O. The van der Waals surface area contributed by atoms with E-state index in [1.807, 2.05) is 12.1 Å². The van der Waals surface area contributed by atoms with Gasteiger partial charge in [0.05, 0.1) is 18.0 Å². The second kappa shape index (κ2) is 6.40. The lowest BCUT2D eigenvalue weighted by molar-refractivity contribution is 0.126. The van der Waals surface area contributed by atoms with Crippen molar-refractivity contribution in [1.29, 1.82) is 0 Å². The van der Waals surface area contributed by atoms with Gasteiger partial charge in [-0.1, -0.05) is 0 Å². The number of hydrogen-bond acceptors (Lipinski definition) is 4. The average molecular weight is 344 g/mol. The molecule has 0 bridgehead atoms. The Morgan fingerprint density at radius 1 is 1.04 bits per heavy atom. The summed E-state index contributed by atoms with van der Waals surface area (Å²) in [6, 6.07) is 7.69. The highest BCUT2D eigenvalue weighted by atomic mass is 19.2. The first kappa shape index (κ1) is 16.0. The van der Waals surface area contributed by atoms with Gasteiger partial charge < -0.3 is 10.4 Å². The third kappa shape index (κ3) is 3.19. The topological polar surface area (TPSA) is 62.5 Å². The van der Waals surface area contributed by atoms with Crippen LogP contribution in [0.1, 0.15) is 25.7 Å². The van der Waals surface area contributed by atoms with Crippen LogP contribution in [0.2, 0.25) is 0 Å². The van der Waals surface area contributed by atoms with Crippen LogP contribution in [0.5, 0.6) is 0 Å². The van der Waals surface area contributed by atoms with Gasteiger partial charge in [0, 0.05) is 11.6 Å². The Morgan fingerprint density at radius 3 is 2.60 bits per heavy atom. The van der Waals surface area contributed by atoms with Crippen LogP contribution in [0.4, 0.5) is 14.6 Å². The standard InChI is InChI=1S/C18H18F2N4O/c19-14-6-1-11(9-15(14)20)16-10-21-18-8-7-17(23-24(16)18)22-12-2-4-13(25)5-3-12/h1,6-10,12-13,25H,2-5H2,(H,22,23). The Hall–Kier alpha value is -2.54. The van der Waals surface area contributed by atoms with Gasteiger partial charge in [-0.3, -0.25) is 0 Å². The lowest BCUT2D eigenvalue weighted by atomic mass is 9.93. The van der Waals surface area contributed by atoms with E-state index in [0.29, 0.717) is 22.7 Å². The molecule has 25 heavy (non-hydrogen) atoms. The van der Waals surface area contributed by atoms with Crippen LogP contribution in [0, 0.1) is 11.6 Å². The van der Waals surface area contributed by atoms with Crippen LogP contribution in [-0.4, -0.2) is 31.9 Å². The highest BCUT2D eigenvalue weighted by Gasteiger charge is 2.20. The third-order valence-electron chi connectivity index (χ3n) is 4.63. The Morgan fingerprint density at radius 2 is 1.84 bits per heavy atom. The molecule has 0 aliphatic heterocycles. The number of aliphatic hydroxyl groups excluding tert-OH is 1. The molecule has 3 aromatic rings. The lowest BCUT2D eigenvalue weighted by Gasteiger charge is -2.26. The SMILES string of the molecule is OC1CCC(Nc2ccc3ncc(-c4ccc(F)c(F)c4)n3n2)CC1. The summed E-state index contributed by atoms with van der Waals surface area (Å²) in [5, 5.41) is 17.5. The van der Waals surface area contributed by atoms with Crippen molar-refractivity contribution in [2.24, 2.45) is 0 Å². The molecule has 0 unspecified atom stereocenters. The van der Waals surface area contributed by atoms with Crippen LogP contribution >= 0.6 is 0 Å². The smallest absolute Gasteiger partial charge is 0.159 e. The molecule has 2 N–H and O–H groups in total. The molecule has 2 heterocycles. The van der Waals surface area contributed by atoms with Crippen molar-refractivity contribution >= 4 is 11.5 Å².